The Bertz CT molecular complexity index is 818. The standard InChI is InChI=1S/C16H21N3O2S2/c1-12(13-2-3-16-15(10-13)17-11-22-16)18-6-4-14-5-9-23(20,21)19(14)8-7-18/h2-3,10-12,14H,4-9H2,1H3. The van der Waals surface area contributed by atoms with Crippen molar-refractivity contribution in [3.63, 3.8) is 0 Å². The predicted molar refractivity (Wildman–Crippen MR) is 93.1 cm³/mol. The lowest BCUT2D eigenvalue weighted by Crippen LogP contribution is -2.35. The summed E-state index contributed by atoms with van der Waals surface area (Å²) in [4.78, 5) is 6.81. The molecule has 0 bridgehead atoms. The normalized spacial score (nSPS) is 26.9. The fraction of sp³-hybridized carbons (Fsp3) is 0.562. The van der Waals surface area contributed by atoms with E-state index in [2.05, 4.69) is 35.0 Å². The Labute approximate surface area is 141 Å². The van der Waals surface area contributed by atoms with Gasteiger partial charge in [0.2, 0.25) is 10.0 Å². The van der Waals surface area contributed by atoms with E-state index < -0.39 is 10.0 Å². The number of nitrogens with zero attached hydrogens (tertiary/aromatic N) is 3. The molecular weight excluding hydrogens is 330 g/mol. The quantitative estimate of drug-likeness (QED) is 0.834. The second-order valence-corrected chi connectivity index (χ2v) is 9.38. The van der Waals surface area contributed by atoms with Crippen molar-refractivity contribution in [1.29, 1.82) is 0 Å². The van der Waals surface area contributed by atoms with Gasteiger partial charge in [0.15, 0.2) is 0 Å². The van der Waals surface area contributed by atoms with Crippen LogP contribution in [-0.4, -0.2) is 54.0 Å². The Morgan fingerprint density at radius 1 is 1.26 bits per heavy atom. The lowest BCUT2D eigenvalue weighted by Gasteiger charge is -2.28. The summed E-state index contributed by atoms with van der Waals surface area (Å²) in [5.41, 5.74) is 4.19. The molecule has 0 N–H and O–H groups in total. The first-order valence-electron chi connectivity index (χ1n) is 8.11. The van der Waals surface area contributed by atoms with Crippen molar-refractivity contribution in [2.75, 3.05) is 25.4 Å². The van der Waals surface area contributed by atoms with Crippen LogP contribution in [0.15, 0.2) is 23.7 Å². The third-order valence-corrected chi connectivity index (χ3v) is 7.97. The predicted octanol–water partition coefficient (Wildman–Crippen LogP) is 2.47. The highest BCUT2D eigenvalue weighted by Crippen LogP contribution is 2.30. The van der Waals surface area contributed by atoms with E-state index in [0.29, 0.717) is 12.3 Å². The fourth-order valence-electron chi connectivity index (χ4n) is 3.77. The molecule has 2 atom stereocenters. The molecule has 0 aliphatic carbocycles. The second-order valence-electron chi connectivity index (χ2n) is 6.45. The maximum Gasteiger partial charge on any atom is 0.214 e. The fourth-order valence-corrected chi connectivity index (χ4v) is 6.26. The Hall–Kier alpha value is -1.02. The molecule has 2 fully saturated rings. The van der Waals surface area contributed by atoms with Gasteiger partial charge in [-0.25, -0.2) is 13.4 Å². The van der Waals surface area contributed by atoms with E-state index >= 15 is 0 Å². The van der Waals surface area contributed by atoms with Crippen LogP contribution in [0.4, 0.5) is 0 Å². The number of aromatic nitrogens is 1. The highest BCUT2D eigenvalue weighted by Gasteiger charge is 2.39. The molecule has 0 saturated carbocycles. The van der Waals surface area contributed by atoms with Crippen molar-refractivity contribution < 1.29 is 8.42 Å². The van der Waals surface area contributed by atoms with Crippen molar-refractivity contribution in [3.05, 3.63) is 29.3 Å². The smallest absolute Gasteiger partial charge is 0.214 e. The van der Waals surface area contributed by atoms with Gasteiger partial charge in [0.05, 0.1) is 21.5 Å². The Morgan fingerprint density at radius 3 is 3.00 bits per heavy atom. The molecule has 4 rings (SSSR count). The van der Waals surface area contributed by atoms with Gasteiger partial charge in [0, 0.05) is 31.7 Å². The van der Waals surface area contributed by atoms with E-state index in [0.717, 1.165) is 31.4 Å². The van der Waals surface area contributed by atoms with Crippen molar-refractivity contribution in [2.45, 2.75) is 31.8 Å². The van der Waals surface area contributed by atoms with Crippen molar-refractivity contribution in [1.82, 2.24) is 14.2 Å². The van der Waals surface area contributed by atoms with Crippen LogP contribution in [0, 0.1) is 0 Å². The van der Waals surface area contributed by atoms with Crippen LogP contribution in [-0.2, 0) is 10.0 Å². The van der Waals surface area contributed by atoms with Crippen LogP contribution in [0.3, 0.4) is 0 Å². The Morgan fingerprint density at radius 2 is 2.13 bits per heavy atom. The molecule has 2 saturated heterocycles. The van der Waals surface area contributed by atoms with Crippen molar-refractivity contribution >= 4 is 31.6 Å². The minimum absolute atomic E-state index is 0.207. The van der Waals surface area contributed by atoms with Gasteiger partial charge >= 0.3 is 0 Å². The zero-order valence-corrected chi connectivity index (χ0v) is 14.8. The van der Waals surface area contributed by atoms with Crippen LogP contribution in [0.2, 0.25) is 0 Å². The van der Waals surface area contributed by atoms with Crippen LogP contribution >= 0.6 is 11.3 Å². The number of hydrogen-bond donors (Lipinski definition) is 0. The number of benzene rings is 1. The number of hydrogen-bond acceptors (Lipinski definition) is 5. The minimum Gasteiger partial charge on any atom is -0.295 e. The molecule has 1 aromatic heterocycles. The monoisotopic (exact) mass is 351 g/mol. The maximum atomic E-state index is 12.1. The molecule has 2 aromatic rings. The molecule has 2 aliphatic heterocycles. The summed E-state index contributed by atoms with van der Waals surface area (Å²) >= 11 is 1.66. The van der Waals surface area contributed by atoms with E-state index in [-0.39, 0.29) is 12.1 Å². The molecule has 0 amide bonds. The molecule has 2 aliphatic rings. The Kier molecular flexibility index (Phi) is 3.91. The number of fused-ring (bicyclic) bond motifs is 2. The Balaban J connectivity index is 1.54. The molecule has 7 heteroatoms. The summed E-state index contributed by atoms with van der Waals surface area (Å²) in [5, 5.41) is 0. The number of thiazole rings is 1. The lowest BCUT2D eigenvalue weighted by molar-refractivity contribution is 0.221. The molecule has 0 radical (unpaired) electrons. The van der Waals surface area contributed by atoms with Crippen LogP contribution in [0.1, 0.15) is 31.4 Å². The van der Waals surface area contributed by atoms with Gasteiger partial charge in [0.25, 0.3) is 0 Å². The minimum atomic E-state index is -3.01. The highest BCUT2D eigenvalue weighted by molar-refractivity contribution is 7.89. The average Bonchev–Trinajstić information content (AvgIpc) is 3.03. The van der Waals surface area contributed by atoms with Crippen LogP contribution in [0.5, 0.6) is 0 Å². The van der Waals surface area contributed by atoms with Crippen molar-refractivity contribution in [3.8, 4) is 0 Å². The summed E-state index contributed by atoms with van der Waals surface area (Å²) in [5.74, 6) is 0.327. The van der Waals surface area contributed by atoms with Gasteiger partial charge in [-0.3, -0.25) is 4.90 Å². The molecule has 0 spiro atoms. The van der Waals surface area contributed by atoms with Gasteiger partial charge in [-0.2, -0.15) is 4.31 Å². The zero-order valence-electron chi connectivity index (χ0n) is 13.2. The largest absolute Gasteiger partial charge is 0.295 e. The molecule has 3 heterocycles. The third-order valence-electron chi connectivity index (χ3n) is 5.22. The van der Waals surface area contributed by atoms with E-state index in [9.17, 15) is 8.42 Å². The van der Waals surface area contributed by atoms with Gasteiger partial charge < -0.3 is 0 Å². The van der Waals surface area contributed by atoms with Gasteiger partial charge in [-0.15, -0.1) is 11.3 Å². The zero-order chi connectivity index (χ0) is 16.0. The summed E-state index contributed by atoms with van der Waals surface area (Å²) in [6, 6.07) is 6.97. The molecule has 5 nitrogen and oxygen atoms in total. The van der Waals surface area contributed by atoms with Gasteiger partial charge in [-0.05, 0) is 37.5 Å². The SMILES string of the molecule is CC(c1ccc2scnc2c1)N1CCC2CCS(=O)(=O)N2CC1. The van der Waals surface area contributed by atoms with E-state index in [1.54, 1.807) is 15.6 Å². The van der Waals surface area contributed by atoms with Crippen LogP contribution < -0.4 is 0 Å². The summed E-state index contributed by atoms with van der Waals surface area (Å²) in [6.45, 7) is 4.58. The molecular formula is C16H21N3O2S2. The molecule has 1 aromatic carbocycles. The first-order chi connectivity index (χ1) is 11.0. The number of rotatable bonds is 2. The molecule has 124 valence electrons. The summed E-state index contributed by atoms with van der Waals surface area (Å²) < 4.78 is 27.2. The van der Waals surface area contributed by atoms with E-state index in [1.165, 1.54) is 10.3 Å². The highest BCUT2D eigenvalue weighted by atomic mass is 32.2. The first-order valence-corrected chi connectivity index (χ1v) is 10.6. The lowest BCUT2D eigenvalue weighted by atomic mass is 10.1. The average molecular weight is 351 g/mol. The van der Waals surface area contributed by atoms with E-state index in [1.807, 2.05) is 5.51 Å². The first kappa shape index (κ1) is 15.5. The topological polar surface area (TPSA) is 53.5 Å². The molecule has 2 unspecified atom stereocenters. The third kappa shape index (κ3) is 2.80. The summed E-state index contributed by atoms with van der Waals surface area (Å²) in [7, 11) is -3.01. The second kappa shape index (κ2) is 5.81. The van der Waals surface area contributed by atoms with Crippen LogP contribution in [0.25, 0.3) is 10.2 Å². The van der Waals surface area contributed by atoms with Crippen molar-refractivity contribution in [2.24, 2.45) is 0 Å². The molecule has 23 heavy (non-hydrogen) atoms. The van der Waals surface area contributed by atoms with E-state index in [4.69, 9.17) is 0 Å². The maximum absolute atomic E-state index is 12.1. The summed E-state index contributed by atoms with van der Waals surface area (Å²) in [6.07, 6.45) is 1.72. The number of sulfonamides is 1. The van der Waals surface area contributed by atoms with Gasteiger partial charge in [0.1, 0.15) is 0 Å². The van der Waals surface area contributed by atoms with Gasteiger partial charge in [-0.1, -0.05) is 6.07 Å².